The van der Waals surface area contributed by atoms with Crippen LogP contribution in [0.1, 0.15) is 13.3 Å². The molecule has 0 amide bonds. The summed E-state index contributed by atoms with van der Waals surface area (Å²) in [6.45, 7) is 1.88. The van der Waals surface area contributed by atoms with Crippen LogP contribution >= 0.6 is 11.8 Å². The summed E-state index contributed by atoms with van der Waals surface area (Å²) in [6.07, 6.45) is -2.47. The lowest BCUT2D eigenvalue weighted by atomic mass is 9.94. The van der Waals surface area contributed by atoms with Crippen LogP contribution in [0.25, 0.3) is 0 Å². The van der Waals surface area contributed by atoms with Gasteiger partial charge >= 0.3 is 0 Å². The molecule has 2 aliphatic rings. The Morgan fingerprint density at radius 1 is 1.56 bits per heavy atom. The van der Waals surface area contributed by atoms with Gasteiger partial charge in [-0.25, -0.2) is 5.90 Å². The highest BCUT2D eigenvalue weighted by Crippen LogP contribution is 2.35. The minimum Gasteiger partial charge on any atom is -0.388 e. The van der Waals surface area contributed by atoms with E-state index in [1.165, 1.54) is 11.8 Å². The predicted octanol–water partition coefficient (Wildman–Crippen LogP) is -1.21. The zero-order chi connectivity index (χ0) is 13.3. The average molecular weight is 277 g/mol. The zero-order valence-corrected chi connectivity index (χ0v) is 11.1. The molecule has 104 valence electrons. The zero-order valence-electron chi connectivity index (χ0n) is 10.3. The number of nitrogens with zero attached hydrogens (tertiary/aromatic N) is 1. The lowest BCUT2D eigenvalue weighted by Crippen LogP contribution is -2.62. The van der Waals surface area contributed by atoms with Crippen LogP contribution in [-0.2, 0) is 9.57 Å². The monoisotopic (exact) mass is 277 g/mol. The second-order valence-corrected chi connectivity index (χ2v) is 5.44. The molecule has 2 aliphatic heterocycles. The molecule has 8 heteroatoms. The van der Waals surface area contributed by atoms with Gasteiger partial charge in [0.2, 0.25) is 0 Å². The van der Waals surface area contributed by atoms with Gasteiger partial charge in [-0.05, 0) is 6.42 Å². The largest absolute Gasteiger partial charge is 0.388 e. The van der Waals surface area contributed by atoms with Crippen LogP contribution in [0, 0.1) is 0 Å². The Balaban J connectivity index is 2.14. The van der Waals surface area contributed by atoms with Crippen molar-refractivity contribution >= 4 is 16.9 Å². The highest BCUT2D eigenvalue weighted by molar-refractivity contribution is 8.14. The summed E-state index contributed by atoms with van der Waals surface area (Å²) in [6, 6.07) is -0.366. The van der Waals surface area contributed by atoms with Gasteiger partial charge in [-0.2, -0.15) is 0 Å². The van der Waals surface area contributed by atoms with Crippen molar-refractivity contribution in [2.75, 3.05) is 7.05 Å². The SMILES string of the molecule is CC[C@H](ON)[C@H]1O[C@@H]2SC(=NC)N[C@@H]2[C@@H](O)[C@@H]1O. The molecule has 0 unspecified atom stereocenters. The van der Waals surface area contributed by atoms with E-state index in [1.807, 2.05) is 6.92 Å². The minimum absolute atomic E-state index is 0.295. The number of fused-ring (bicyclic) bond motifs is 1. The first-order valence-electron chi connectivity index (χ1n) is 5.89. The highest BCUT2D eigenvalue weighted by Gasteiger charge is 2.50. The first-order chi connectivity index (χ1) is 8.62. The molecule has 2 saturated heterocycles. The number of aliphatic hydroxyl groups is 2. The molecule has 0 aromatic carbocycles. The standard InChI is InChI=1S/C10H19N3O4S/c1-3-4(17-11)8-7(15)6(14)5-9(16-8)18-10(12-2)13-5/h4-9,14-15H,3,11H2,1-2H3,(H,12,13)/t4-,5+,6+,7-,8+,9+/m0/s1. The summed E-state index contributed by atoms with van der Waals surface area (Å²) in [5.41, 5.74) is -0.295. The maximum absolute atomic E-state index is 10.1. The Kier molecular flexibility index (Phi) is 4.46. The quantitative estimate of drug-likeness (QED) is 0.479. The Morgan fingerprint density at radius 2 is 2.28 bits per heavy atom. The Morgan fingerprint density at radius 3 is 2.83 bits per heavy atom. The van der Waals surface area contributed by atoms with Gasteiger partial charge in [0.1, 0.15) is 29.9 Å². The lowest BCUT2D eigenvalue weighted by molar-refractivity contribution is -0.198. The number of nitrogens with one attached hydrogen (secondary N) is 1. The van der Waals surface area contributed by atoms with Crippen LogP contribution in [-0.4, -0.2) is 58.3 Å². The van der Waals surface area contributed by atoms with E-state index in [1.54, 1.807) is 7.05 Å². The molecule has 0 aromatic rings. The van der Waals surface area contributed by atoms with E-state index in [0.717, 1.165) is 0 Å². The molecule has 0 spiro atoms. The van der Waals surface area contributed by atoms with E-state index in [9.17, 15) is 10.2 Å². The minimum atomic E-state index is -1.04. The third kappa shape index (κ3) is 2.36. The summed E-state index contributed by atoms with van der Waals surface area (Å²) in [5.74, 6) is 5.19. The van der Waals surface area contributed by atoms with Crippen LogP contribution in [0.15, 0.2) is 4.99 Å². The third-order valence-corrected chi connectivity index (χ3v) is 4.46. The number of thioether (sulfide) groups is 1. The number of hydrogen-bond donors (Lipinski definition) is 4. The maximum Gasteiger partial charge on any atom is 0.159 e. The molecule has 0 aliphatic carbocycles. The van der Waals surface area contributed by atoms with Crippen molar-refractivity contribution in [2.45, 2.75) is 49.2 Å². The molecular weight excluding hydrogens is 258 g/mol. The number of hydrogen-bond acceptors (Lipinski definition) is 7. The smallest absolute Gasteiger partial charge is 0.159 e. The van der Waals surface area contributed by atoms with Crippen LogP contribution in [0.2, 0.25) is 0 Å². The van der Waals surface area contributed by atoms with Gasteiger partial charge < -0.3 is 20.3 Å². The third-order valence-electron chi connectivity index (χ3n) is 3.30. The van der Waals surface area contributed by atoms with Gasteiger partial charge in [-0.1, -0.05) is 18.7 Å². The number of rotatable bonds is 3. The first-order valence-corrected chi connectivity index (χ1v) is 6.77. The molecule has 0 saturated carbocycles. The van der Waals surface area contributed by atoms with Crippen molar-refractivity contribution in [3.05, 3.63) is 0 Å². The Hall–Kier alpha value is -0.380. The van der Waals surface area contributed by atoms with Gasteiger partial charge in [-0.15, -0.1) is 0 Å². The van der Waals surface area contributed by atoms with Gasteiger partial charge in [0.15, 0.2) is 5.17 Å². The molecule has 0 radical (unpaired) electrons. The van der Waals surface area contributed by atoms with Crippen LogP contribution in [0.5, 0.6) is 0 Å². The second-order valence-electron chi connectivity index (χ2n) is 4.35. The lowest BCUT2D eigenvalue weighted by Gasteiger charge is -2.41. The molecule has 2 fully saturated rings. The Labute approximate surface area is 110 Å². The van der Waals surface area contributed by atoms with E-state index in [2.05, 4.69) is 10.3 Å². The normalized spacial score (nSPS) is 43.6. The summed E-state index contributed by atoms with van der Waals surface area (Å²) in [4.78, 5) is 8.82. The number of ether oxygens (including phenoxy) is 1. The fraction of sp³-hybridized carbons (Fsp3) is 0.900. The van der Waals surface area contributed by atoms with Gasteiger partial charge in [0, 0.05) is 7.05 Å². The molecule has 0 aromatic heterocycles. The molecule has 0 bridgehead atoms. The average Bonchev–Trinajstić information content (AvgIpc) is 2.80. The fourth-order valence-corrected chi connectivity index (χ4v) is 3.35. The summed E-state index contributed by atoms with van der Waals surface area (Å²) in [7, 11) is 1.66. The van der Waals surface area contributed by atoms with Crippen molar-refractivity contribution in [2.24, 2.45) is 10.9 Å². The number of aliphatic imine (C=N–C) groups is 1. The molecule has 2 heterocycles. The van der Waals surface area contributed by atoms with Crippen molar-refractivity contribution in [1.29, 1.82) is 0 Å². The van der Waals surface area contributed by atoms with E-state index in [4.69, 9.17) is 15.5 Å². The highest BCUT2D eigenvalue weighted by atomic mass is 32.2. The molecule has 7 nitrogen and oxygen atoms in total. The van der Waals surface area contributed by atoms with Gasteiger partial charge in [0.25, 0.3) is 0 Å². The predicted molar refractivity (Wildman–Crippen MR) is 67.9 cm³/mol. The van der Waals surface area contributed by atoms with Gasteiger partial charge in [-0.3, -0.25) is 9.83 Å². The molecule has 5 N–H and O–H groups in total. The first kappa shape index (κ1) is 14.0. The van der Waals surface area contributed by atoms with E-state index in [-0.39, 0.29) is 11.5 Å². The van der Waals surface area contributed by atoms with E-state index < -0.39 is 24.4 Å². The van der Waals surface area contributed by atoms with Crippen molar-refractivity contribution < 1.29 is 19.8 Å². The van der Waals surface area contributed by atoms with E-state index >= 15 is 0 Å². The topological polar surface area (TPSA) is 109 Å². The summed E-state index contributed by atoms with van der Waals surface area (Å²) >= 11 is 1.39. The van der Waals surface area contributed by atoms with Crippen LogP contribution < -0.4 is 11.2 Å². The molecule has 18 heavy (non-hydrogen) atoms. The van der Waals surface area contributed by atoms with Gasteiger partial charge in [0.05, 0.1) is 6.04 Å². The number of nitrogens with two attached hydrogens (primary N) is 1. The fourth-order valence-electron chi connectivity index (χ4n) is 2.26. The summed E-state index contributed by atoms with van der Waals surface area (Å²) < 4.78 is 5.77. The van der Waals surface area contributed by atoms with Crippen LogP contribution in [0.4, 0.5) is 0 Å². The van der Waals surface area contributed by atoms with Crippen LogP contribution in [0.3, 0.4) is 0 Å². The molecular formula is C10H19N3O4S. The molecule has 6 atom stereocenters. The Bertz CT molecular complexity index is 326. The summed E-state index contributed by atoms with van der Waals surface area (Å²) in [5, 5.41) is 23.9. The number of amidine groups is 1. The maximum atomic E-state index is 10.1. The second kappa shape index (κ2) is 5.72. The van der Waals surface area contributed by atoms with Crippen molar-refractivity contribution in [3.63, 3.8) is 0 Å². The number of aliphatic hydroxyl groups excluding tert-OH is 2. The van der Waals surface area contributed by atoms with Crippen molar-refractivity contribution in [1.82, 2.24) is 5.32 Å². The van der Waals surface area contributed by atoms with E-state index in [0.29, 0.717) is 11.6 Å². The molecule has 2 rings (SSSR count). The van der Waals surface area contributed by atoms with Crippen molar-refractivity contribution in [3.8, 4) is 0 Å².